The summed E-state index contributed by atoms with van der Waals surface area (Å²) < 4.78 is 12.5. The van der Waals surface area contributed by atoms with Crippen molar-refractivity contribution in [3.63, 3.8) is 0 Å². The number of nitrogens with zero attached hydrogens (tertiary/aromatic N) is 2. The quantitative estimate of drug-likeness (QED) is 0.346. The van der Waals surface area contributed by atoms with E-state index in [4.69, 9.17) is 9.47 Å². The van der Waals surface area contributed by atoms with Crippen LogP contribution in [0.1, 0.15) is 71.4 Å². The molecular weight excluding hydrogens is 428 g/mol. The van der Waals surface area contributed by atoms with E-state index in [0.29, 0.717) is 17.7 Å². The molecule has 34 heavy (non-hydrogen) atoms. The summed E-state index contributed by atoms with van der Waals surface area (Å²) in [5, 5.41) is 1.05. The predicted octanol–water partition coefficient (Wildman–Crippen LogP) is 5.61. The lowest BCUT2D eigenvalue weighted by Gasteiger charge is -2.22. The molecule has 0 aliphatic rings. The van der Waals surface area contributed by atoms with Crippen LogP contribution in [0.2, 0.25) is 0 Å². The van der Waals surface area contributed by atoms with Gasteiger partial charge in [-0.25, -0.2) is 4.79 Å². The van der Waals surface area contributed by atoms with Gasteiger partial charge in [0.25, 0.3) is 5.91 Å². The highest BCUT2D eigenvalue weighted by Gasteiger charge is 2.18. The molecule has 3 rings (SSSR count). The number of carbonyl (C=O) groups is 2. The lowest BCUT2D eigenvalue weighted by atomic mass is 10.0. The van der Waals surface area contributed by atoms with Crippen LogP contribution in [0.4, 0.5) is 0 Å². The maximum absolute atomic E-state index is 13.4. The molecule has 0 aliphatic heterocycles. The number of unbranched alkanes of at least 4 members (excludes halogenated alkanes) is 2. The molecule has 0 fully saturated rings. The van der Waals surface area contributed by atoms with Gasteiger partial charge < -0.3 is 18.9 Å². The van der Waals surface area contributed by atoms with Crippen molar-refractivity contribution < 1.29 is 19.1 Å². The van der Waals surface area contributed by atoms with Crippen LogP contribution < -0.4 is 4.74 Å². The molecule has 0 atom stereocenters. The second kappa shape index (κ2) is 11.7. The predicted molar refractivity (Wildman–Crippen MR) is 136 cm³/mol. The summed E-state index contributed by atoms with van der Waals surface area (Å²) in [6, 6.07) is 11.3. The third-order valence-electron chi connectivity index (χ3n) is 6.26. The molecule has 0 radical (unpaired) electrons. The smallest absolute Gasteiger partial charge is 0.337 e. The van der Waals surface area contributed by atoms with Crippen LogP contribution in [0.15, 0.2) is 42.6 Å². The van der Waals surface area contributed by atoms with Crippen molar-refractivity contribution in [1.29, 1.82) is 0 Å². The molecule has 1 heterocycles. The third-order valence-corrected chi connectivity index (χ3v) is 6.26. The first-order valence-corrected chi connectivity index (χ1v) is 12.1. The highest BCUT2D eigenvalue weighted by Crippen LogP contribution is 2.29. The number of aromatic nitrogens is 1. The number of hydrogen-bond donors (Lipinski definition) is 0. The fourth-order valence-electron chi connectivity index (χ4n) is 4.28. The zero-order valence-corrected chi connectivity index (χ0v) is 21.0. The lowest BCUT2D eigenvalue weighted by Crippen LogP contribution is -2.32. The summed E-state index contributed by atoms with van der Waals surface area (Å²) in [7, 11) is 4.98. The van der Waals surface area contributed by atoms with Gasteiger partial charge in [-0.2, -0.15) is 0 Å². The van der Waals surface area contributed by atoms with E-state index < -0.39 is 5.97 Å². The molecule has 3 aromatic rings. The number of aryl methyl sites for hydroxylation is 1. The summed E-state index contributed by atoms with van der Waals surface area (Å²) >= 11 is 0. The summed E-state index contributed by atoms with van der Waals surface area (Å²) in [6.07, 6.45) is 6.86. The zero-order valence-electron chi connectivity index (χ0n) is 21.0. The fourth-order valence-corrected chi connectivity index (χ4v) is 4.28. The maximum Gasteiger partial charge on any atom is 0.337 e. The fraction of sp³-hybridized carbons (Fsp3) is 0.429. The molecule has 0 aliphatic carbocycles. The van der Waals surface area contributed by atoms with Gasteiger partial charge in [0.05, 0.1) is 19.8 Å². The highest BCUT2D eigenvalue weighted by molar-refractivity contribution is 5.99. The highest BCUT2D eigenvalue weighted by atomic mass is 16.5. The molecule has 0 bridgehead atoms. The normalized spacial score (nSPS) is 11.0. The molecule has 6 heteroatoms. The number of esters is 1. The van der Waals surface area contributed by atoms with Gasteiger partial charge in [-0.05, 0) is 54.3 Å². The van der Waals surface area contributed by atoms with Gasteiger partial charge in [0, 0.05) is 49.2 Å². The van der Waals surface area contributed by atoms with Crippen molar-refractivity contribution in [2.75, 3.05) is 27.3 Å². The first kappa shape index (κ1) is 25.3. The molecule has 182 valence electrons. The van der Waals surface area contributed by atoms with Gasteiger partial charge in [0.2, 0.25) is 0 Å². The largest absolute Gasteiger partial charge is 0.496 e. The van der Waals surface area contributed by atoms with Gasteiger partial charge in [-0.3, -0.25) is 4.79 Å². The topological polar surface area (TPSA) is 60.8 Å². The minimum absolute atomic E-state index is 0.0959. The van der Waals surface area contributed by atoms with Crippen LogP contribution in [0.25, 0.3) is 10.9 Å². The molecule has 1 amide bonds. The Morgan fingerprint density at radius 3 is 2.21 bits per heavy atom. The zero-order chi connectivity index (χ0) is 24.7. The average Bonchev–Trinajstić information content (AvgIpc) is 3.17. The molecule has 6 nitrogen and oxygen atoms in total. The Kier molecular flexibility index (Phi) is 8.74. The second-order valence-electron chi connectivity index (χ2n) is 8.69. The van der Waals surface area contributed by atoms with Gasteiger partial charge in [-0.15, -0.1) is 0 Å². The second-order valence-corrected chi connectivity index (χ2v) is 8.69. The van der Waals surface area contributed by atoms with Gasteiger partial charge in [0.15, 0.2) is 0 Å². The number of rotatable bonds is 11. The third kappa shape index (κ3) is 5.61. The van der Waals surface area contributed by atoms with E-state index in [9.17, 15) is 9.59 Å². The van der Waals surface area contributed by atoms with Crippen molar-refractivity contribution in [1.82, 2.24) is 9.47 Å². The number of ether oxygens (including phenoxy) is 2. The summed E-state index contributed by atoms with van der Waals surface area (Å²) in [4.78, 5) is 27.3. The molecule has 0 saturated heterocycles. The summed E-state index contributed by atoms with van der Waals surface area (Å²) in [6.45, 7) is 5.88. The SMILES string of the molecule is CCCCN(CCCC)C(=O)c1ccc2c(c1)c(Cc1ccc(C(=O)OC)cc1OC)cn2C. The standard InChI is InChI=1S/C28H36N2O4/c1-6-8-14-30(15-9-7-2)27(31)21-12-13-25-24(17-21)23(19-29(25)3)16-20-10-11-22(28(32)34-5)18-26(20)33-4/h10-13,17-19H,6-9,14-16H2,1-5H3. The van der Waals surface area contributed by atoms with Crippen molar-refractivity contribution in [2.24, 2.45) is 7.05 Å². The Morgan fingerprint density at radius 1 is 0.912 bits per heavy atom. The van der Waals surface area contributed by atoms with Crippen LogP contribution in [-0.4, -0.2) is 48.7 Å². The number of methoxy groups -OCH3 is 2. The van der Waals surface area contributed by atoms with Crippen molar-refractivity contribution >= 4 is 22.8 Å². The van der Waals surface area contributed by atoms with E-state index in [0.717, 1.165) is 66.4 Å². The molecule has 0 spiro atoms. The van der Waals surface area contributed by atoms with E-state index >= 15 is 0 Å². The van der Waals surface area contributed by atoms with Crippen LogP contribution in [0, 0.1) is 0 Å². The van der Waals surface area contributed by atoms with Crippen LogP contribution in [0.3, 0.4) is 0 Å². The van der Waals surface area contributed by atoms with Crippen LogP contribution >= 0.6 is 0 Å². The van der Waals surface area contributed by atoms with Crippen molar-refractivity contribution in [2.45, 2.75) is 46.0 Å². The van der Waals surface area contributed by atoms with Crippen molar-refractivity contribution in [3.8, 4) is 5.75 Å². The lowest BCUT2D eigenvalue weighted by molar-refractivity contribution is 0.0600. The van der Waals surface area contributed by atoms with E-state index in [1.54, 1.807) is 19.2 Å². The number of amides is 1. The minimum atomic E-state index is -0.395. The molecule has 2 aromatic carbocycles. The van der Waals surface area contributed by atoms with Gasteiger partial charge in [-0.1, -0.05) is 32.8 Å². The van der Waals surface area contributed by atoms with Crippen LogP contribution in [-0.2, 0) is 18.2 Å². The number of fused-ring (bicyclic) bond motifs is 1. The number of benzene rings is 2. The number of carbonyl (C=O) groups excluding carboxylic acids is 2. The Morgan fingerprint density at radius 2 is 1.59 bits per heavy atom. The summed E-state index contributed by atoms with van der Waals surface area (Å²) in [5.41, 5.74) is 4.32. The molecular formula is C28H36N2O4. The van der Waals surface area contributed by atoms with Gasteiger partial charge >= 0.3 is 5.97 Å². The molecule has 0 saturated carbocycles. The Balaban J connectivity index is 1.95. The number of hydrogen-bond acceptors (Lipinski definition) is 4. The van der Waals surface area contributed by atoms with E-state index in [-0.39, 0.29) is 5.91 Å². The van der Waals surface area contributed by atoms with E-state index in [1.807, 2.05) is 36.2 Å². The maximum atomic E-state index is 13.4. The van der Waals surface area contributed by atoms with E-state index in [1.165, 1.54) is 7.11 Å². The molecule has 0 unspecified atom stereocenters. The molecule has 1 aromatic heterocycles. The van der Waals surface area contributed by atoms with Crippen molar-refractivity contribution in [3.05, 3.63) is 64.8 Å². The van der Waals surface area contributed by atoms with E-state index in [2.05, 4.69) is 24.6 Å². The minimum Gasteiger partial charge on any atom is -0.496 e. The summed E-state index contributed by atoms with van der Waals surface area (Å²) in [5.74, 6) is 0.338. The Bertz CT molecular complexity index is 1140. The first-order valence-electron chi connectivity index (χ1n) is 12.1. The van der Waals surface area contributed by atoms with Gasteiger partial charge in [0.1, 0.15) is 5.75 Å². The van der Waals surface area contributed by atoms with Crippen LogP contribution in [0.5, 0.6) is 5.75 Å². The first-order chi connectivity index (χ1) is 16.4. The average molecular weight is 465 g/mol. The molecule has 0 N–H and O–H groups in total. The Hall–Kier alpha value is -3.28. The monoisotopic (exact) mass is 464 g/mol. The Labute approximate surface area is 202 Å².